The first kappa shape index (κ1) is 15.7. The molecule has 0 bridgehead atoms. The molecule has 106 valence electrons. The molecule has 0 spiro atoms. The van der Waals surface area contributed by atoms with Gasteiger partial charge >= 0.3 is 0 Å². The Balaban J connectivity index is 2.55. The van der Waals surface area contributed by atoms with Gasteiger partial charge in [0.25, 0.3) is 0 Å². The molecule has 0 heterocycles. The van der Waals surface area contributed by atoms with Crippen LogP contribution in [0, 0.1) is 5.41 Å². The van der Waals surface area contributed by atoms with E-state index in [1.165, 1.54) is 6.92 Å². The summed E-state index contributed by atoms with van der Waals surface area (Å²) in [5.41, 5.74) is 11.3. The van der Waals surface area contributed by atoms with Gasteiger partial charge in [-0.2, -0.15) is 4.99 Å². The normalized spacial score (nSPS) is 9.65. The molecule has 20 heavy (non-hydrogen) atoms. The van der Waals surface area contributed by atoms with E-state index in [-0.39, 0.29) is 28.6 Å². The zero-order chi connectivity index (χ0) is 15.1. The number of hydrogen-bond donors (Lipinski definition) is 4. The summed E-state index contributed by atoms with van der Waals surface area (Å²) in [6.45, 7) is 1.45. The van der Waals surface area contributed by atoms with Crippen LogP contribution in [0.3, 0.4) is 0 Å². The SMILES string of the molecule is CC(=O)c1cccc(NC(=O)CSC(=N)N=C(N)N)c1. The van der Waals surface area contributed by atoms with Crippen molar-refractivity contribution < 1.29 is 9.59 Å². The molecule has 0 aromatic heterocycles. The van der Waals surface area contributed by atoms with Crippen LogP contribution in [0.2, 0.25) is 0 Å². The number of thioether (sulfide) groups is 1. The summed E-state index contributed by atoms with van der Waals surface area (Å²) in [5, 5.41) is 9.86. The van der Waals surface area contributed by atoms with Gasteiger partial charge in [-0.05, 0) is 19.1 Å². The van der Waals surface area contributed by atoms with Crippen molar-refractivity contribution in [1.82, 2.24) is 0 Å². The molecule has 6 N–H and O–H groups in total. The molecule has 1 aromatic carbocycles. The number of nitrogens with one attached hydrogen (secondary N) is 2. The number of amidine groups is 1. The van der Waals surface area contributed by atoms with Gasteiger partial charge < -0.3 is 16.8 Å². The topological polar surface area (TPSA) is 134 Å². The second-order valence-corrected chi connectivity index (χ2v) is 4.78. The lowest BCUT2D eigenvalue weighted by molar-refractivity contribution is -0.113. The summed E-state index contributed by atoms with van der Waals surface area (Å²) < 4.78 is 0. The summed E-state index contributed by atoms with van der Waals surface area (Å²) >= 11 is 0.899. The first-order chi connectivity index (χ1) is 9.38. The third-order valence-electron chi connectivity index (χ3n) is 2.12. The van der Waals surface area contributed by atoms with Gasteiger partial charge in [-0.1, -0.05) is 23.9 Å². The van der Waals surface area contributed by atoms with Crippen LogP contribution in [0.15, 0.2) is 29.3 Å². The standard InChI is InChI=1S/C12H15N5O2S/c1-7(18)8-3-2-4-9(5-8)16-10(19)6-20-12(15)17-11(13)14/h2-5H,6H2,1H3,(H,16,19)(H5,13,14,15,17). The molecule has 0 saturated carbocycles. The number of hydrogen-bond acceptors (Lipinski definition) is 4. The molecule has 1 rings (SSSR count). The molecule has 8 heteroatoms. The molecule has 0 unspecified atom stereocenters. The summed E-state index contributed by atoms with van der Waals surface area (Å²) in [4.78, 5) is 26.4. The van der Waals surface area contributed by atoms with E-state index in [9.17, 15) is 9.59 Å². The van der Waals surface area contributed by atoms with Gasteiger partial charge in [0.05, 0.1) is 5.75 Å². The number of carbonyl (C=O) groups is 2. The lowest BCUT2D eigenvalue weighted by Gasteiger charge is -2.05. The third-order valence-corrected chi connectivity index (χ3v) is 2.89. The maximum Gasteiger partial charge on any atom is 0.234 e. The van der Waals surface area contributed by atoms with Crippen LogP contribution >= 0.6 is 11.8 Å². The lowest BCUT2D eigenvalue weighted by atomic mass is 10.1. The molecule has 0 radical (unpaired) electrons. The van der Waals surface area contributed by atoms with Crippen molar-refractivity contribution in [2.75, 3.05) is 11.1 Å². The van der Waals surface area contributed by atoms with Gasteiger partial charge in [-0.3, -0.25) is 15.0 Å². The van der Waals surface area contributed by atoms with E-state index in [2.05, 4.69) is 10.3 Å². The van der Waals surface area contributed by atoms with Crippen LogP contribution in [0.5, 0.6) is 0 Å². The Hall–Kier alpha value is -2.35. The number of anilines is 1. The average Bonchev–Trinajstić information content (AvgIpc) is 2.36. The van der Waals surface area contributed by atoms with E-state index < -0.39 is 0 Å². The molecule has 1 aromatic rings. The number of aliphatic imine (C=N–C) groups is 1. The van der Waals surface area contributed by atoms with E-state index in [1.807, 2.05) is 0 Å². The number of amides is 1. The first-order valence-electron chi connectivity index (χ1n) is 5.60. The van der Waals surface area contributed by atoms with Gasteiger partial charge in [0.15, 0.2) is 16.9 Å². The fraction of sp³-hybridized carbons (Fsp3) is 0.167. The number of benzene rings is 1. The highest BCUT2D eigenvalue weighted by Crippen LogP contribution is 2.12. The molecule has 1 amide bonds. The molecule has 0 aliphatic heterocycles. The molecule has 0 aliphatic carbocycles. The Morgan fingerprint density at radius 3 is 2.70 bits per heavy atom. The highest BCUT2D eigenvalue weighted by molar-refractivity contribution is 8.14. The second-order valence-electron chi connectivity index (χ2n) is 3.82. The quantitative estimate of drug-likeness (QED) is 0.369. The fourth-order valence-electron chi connectivity index (χ4n) is 1.30. The molecule has 0 aliphatic rings. The Morgan fingerprint density at radius 1 is 1.40 bits per heavy atom. The highest BCUT2D eigenvalue weighted by Gasteiger charge is 2.06. The number of ketones is 1. The fourth-order valence-corrected chi connectivity index (χ4v) is 1.81. The van der Waals surface area contributed by atoms with Crippen LogP contribution in [0.4, 0.5) is 5.69 Å². The predicted molar refractivity (Wildman–Crippen MR) is 81.1 cm³/mol. The summed E-state index contributed by atoms with van der Waals surface area (Å²) in [6.07, 6.45) is 0. The van der Waals surface area contributed by atoms with Crippen molar-refractivity contribution in [3.05, 3.63) is 29.8 Å². The molecule has 7 nitrogen and oxygen atoms in total. The molecule has 0 atom stereocenters. The van der Waals surface area contributed by atoms with Crippen LogP contribution < -0.4 is 16.8 Å². The first-order valence-corrected chi connectivity index (χ1v) is 6.59. The third kappa shape index (κ3) is 5.53. The van der Waals surface area contributed by atoms with Crippen LogP contribution in [0.25, 0.3) is 0 Å². The molecular formula is C12H15N5O2S. The molecule has 0 fully saturated rings. The van der Waals surface area contributed by atoms with Crippen LogP contribution in [-0.4, -0.2) is 28.6 Å². The number of nitrogens with zero attached hydrogens (tertiary/aromatic N) is 1. The van der Waals surface area contributed by atoms with E-state index in [0.29, 0.717) is 11.3 Å². The monoisotopic (exact) mass is 293 g/mol. The van der Waals surface area contributed by atoms with Crippen LogP contribution in [-0.2, 0) is 4.79 Å². The average molecular weight is 293 g/mol. The van der Waals surface area contributed by atoms with Crippen molar-refractivity contribution >= 4 is 40.3 Å². The smallest absolute Gasteiger partial charge is 0.234 e. The number of nitrogens with two attached hydrogens (primary N) is 2. The Kier molecular flexibility index (Phi) is 5.73. The Bertz CT molecular complexity index is 567. The molecular weight excluding hydrogens is 278 g/mol. The largest absolute Gasteiger partial charge is 0.370 e. The van der Waals surface area contributed by atoms with Crippen molar-refractivity contribution in [2.24, 2.45) is 16.5 Å². The van der Waals surface area contributed by atoms with Crippen molar-refractivity contribution in [3.63, 3.8) is 0 Å². The summed E-state index contributed by atoms with van der Waals surface area (Å²) in [7, 11) is 0. The van der Waals surface area contributed by atoms with Crippen molar-refractivity contribution in [1.29, 1.82) is 5.41 Å². The van der Waals surface area contributed by atoms with E-state index in [4.69, 9.17) is 16.9 Å². The van der Waals surface area contributed by atoms with E-state index in [0.717, 1.165) is 11.8 Å². The number of guanidine groups is 1. The number of rotatable bonds is 4. The second kappa shape index (κ2) is 7.29. The minimum Gasteiger partial charge on any atom is -0.370 e. The minimum absolute atomic E-state index is 0.0000869. The number of carbonyl (C=O) groups excluding carboxylic acids is 2. The van der Waals surface area contributed by atoms with Gasteiger partial charge in [-0.15, -0.1) is 0 Å². The van der Waals surface area contributed by atoms with Crippen molar-refractivity contribution in [2.45, 2.75) is 6.92 Å². The zero-order valence-electron chi connectivity index (χ0n) is 10.8. The Labute approximate surface area is 120 Å². The van der Waals surface area contributed by atoms with Gasteiger partial charge in [-0.25, -0.2) is 0 Å². The van der Waals surface area contributed by atoms with E-state index >= 15 is 0 Å². The maximum atomic E-state index is 11.7. The lowest BCUT2D eigenvalue weighted by Crippen LogP contribution is -2.24. The van der Waals surface area contributed by atoms with Gasteiger partial charge in [0, 0.05) is 11.3 Å². The Morgan fingerprint density at radius 2 is 2.10 bits per heavy atom. The van der Waals surface area contributed by atoms with Gasteiger partial charge in [0.1, 0.15) is 0 Å². The highest BCUT2D eigenvalue weighted by atomic mass is 32.2. The molecule has 0 saturated heterocycles. The summed E-state index contributed by atoms with van der Waals surface area (Å²) in [6, 6.07) is 6.62. The zero-order valence-corrected chi connectivity index (χ0v) is 11.7. The van der Waals surface area contributed by atoms with Crippen LogP contribution in [0.1, 0.15) is 17.3 Å². The summed E-state index contributed by atoms with van der Waals surface area (Å²) in [5.74, 6) is -0.617. The minimum atomic E-state index is -0.314. The van der Waals surface area contributed by atoms with E-state index in [1.54, 1.807) is 24.3 Å². The maximum absolute atomic E-state index is 11.7. The number of Topliss-reactive ketones (excluding diaryl/α,β-unsaturated/α-hetero) is 1. The van der Waals surface area contributed by atoms with Crippen molar-refractivity contribution in [3.8, 4) is 0 Å². The van der Waals surface area contributed by atoms with Gasteiger partial charge in [0.2, 0.25) is 5.91 Å². The predicted octanol–water partition coefficient (Wildman–Crippen LogP) is 0.769.